The van der Waals surface area contributed by atoms with Crippen molar-refractivity contribution in [1.82, 2.24) is 0 Å². The highest BCUT2D eigenvalue weighted by Crippen LogP contribution is 2.23. The summed E-state index contributed by atoms with van der Waals surface area (Å²) in [6, 6.07) is 7.19. The number of benzene rings is 1. The van der Waals surface area contributed by atoms with Gasteiger partial charge in [0.1, 0.15) is 11.8 Å². The summed E-state index contributed by atoms with van der Waals surface area (Å²) in [5, 5.41) is 17.4. The highest BCUT2D eigenvalue weighted by atomic mass is 16.5. The Labute approximate surface area is 76.8 Å². The molecule has 0 N–H and O–H groups in total. The number of methoxy groups -OCH3 is 1. The van der Waals surface area contributed by atoms with E-state index in [1.54, 1.807) is 13.0 Å². The summed E-state index contributed by atoms with van der Waals surface area (Å²) in [5.74, 6) is 0.543. The summed E-state index contributed by atoms with van der Waals surface area (Å²) in [7, 11) is 1.51. The predicted molar refractivity (Wildman–Crippen MR) is 47.2 cm³/mol. The average Bonchev–Trinajstić information content (AvgIpc) is 2.16. The zero-order chi connectivity index (χ0) is 9.84. The van der Waals surface area contributed by atoms with E-state index in [0.717, 1.165) is 5.56 Å². The predicted octanol–water partition coefficient (Wildman–Crippen LogP) is 1.75. The molecular formula is C10H8N2O. The normalized spacial score (nSPS) is 8.62. The van der Waals surface area contributed by atoms with E-state index in [1.807, 2.05) is 12.1 Å². The minimum absolute atomic E-state index is 0.402. The van der Waals surface area contributed by atoms with E-state index in [0.29, 0.717) is 16.9 Å². The lowest BCUT2D eigenvalue weighted by molar-refractivity contribution is 0.410. The standard InChI is InChI=1S/C10H8N2O/c1-7-3-8(5-11)4-9(6-12)10(7)13-2/h3-4H,1-2H3. The molecule has 0 atom stereocenters. The van der Waals surface area contributed by atoms with Crippen molar-refractivity contribution in [3.05, 3.63) is 28.8 Å². The first kappa shape index (κ1) is 9.09. The molecule has 0 spiro atoms. The summed E-state index contributed by atoms with van der Waals surface area (Å²) in [6.45, 7) is 1.81. The van der Waals surface area contributed by atoms with Gasteiger partial charge < -0.3 is 4.74 Å². The van der Waals surface area contributed by atoms with Crippen molar-refractivity contribution in [1.29, 1.82) is 10.5 Å². The first-order valence-electron chi connectivity index (χ1n) is 3.71. The van der Waals surface area contributed by atoms with Gasteiger partial charge in [0.2, 0.25) is 0 Å². The van der Waals surface area contributed by atoms with Crippen LogP contribution in [0, 0.1) is 29.6 Å². The second-order valence-corrected chi connectivity index (χ2v) is 2.60. The van der Waals surface area contributed by atoms with Crippen LogP contribution in [-0.4, -0.2) is 7.11 Å². The van der Waals surface area contributed by atoms with Crippen molar-refractivity contribution in [3.63, 3.8) is 0 Å². The van der Waals surface area contributed by atoms with E-state index in [1.165, 1.54) is 13.2 Å². The van der Waals surface area contributed by atoms with E-state index in [-0.39, 0.29) is 0 Å². The van der Waals surface area contributed by atoms with Crippen molar-refractivity contribution < 1.29 is 4.74 Å². The largest absolute Gasteiger partial charge is 0.495 e. The number of hydrogen-bond donors (Lipinski definition) is 0. The molecule has 0 radical (unpaired) electrons. The van der Waals surface area contributed by atoms with Gasteiger partial charge in [-0.25, -0.2) is 0 Å². The van der Waals surface area contributed by atoms with Gasteiger partial charge in [-0.1, -0.05) is 0 Å². The van der Waals surface area contributed by atoms with Gasteiger partial charge in [0.05, 0.1) is 24.3 Å². The van der Waals surface area contributed by atoms with Crippen LogP contribution in [0.2, 0.25) is 0 Å². The van der Waals surface area contributed by atoms with Crippen LogP contribution in [-0.2, 0) is 0 Å². The minimum Gasteiger partial charge on any atom is -0.495 e. The molecule has 0 saturated heterocycles. The molecule has 0 heterocycles. The maximum Gasteiger partial charge on any atom is 0.139 e. The van der Waals surface area contributed by atoms with Crippen LogP contribution in [0.3, 0.4) is 0 Å². The van der Waals surface area contributed by atoms with Crippen molar-refractivity contribution >= 4 is 0 Å². The first-order chi connectivity index (χ1) is 6.22. The highest BCUT2D eigenvalue weighted by Gasteiger charge is 2.07. The van der Waals surface area contributed by atoms with Gasteiger partial charge in [-0.05, 0) is 24.6 Å². The molecule has 1 aromatic carbocycles. The fourth-order valence-corrected chi connectivity index (χ4v) is 1.19. The van der Waals surface area contributed by atoms with Gasteiger partial charge >= 0.3 is 0 Å². The number of aryl methyl sites for hydroxylation is 1. The summed E-state index contributed by atoms with van der Waals surface area (Å²) in [5.41, 5.74) is 1.69. The Morgan fingerprint density at radius 1 is 1.23 bits per heavy atom. The molecule has 0 bridgehead atoms. The summed E-state index contributed by atoms with van der Waals surface area (Å²) < 4.78 is 5.03. The molecule has 0 fully saturated rings. The number of nitriles is 2. The Kier molecular flexibility index (Phi) is 2.52. The zero-order valence-electron chi connectivity index (χ0n) is 7.46. The lowest BCUT2D eigenvalue weighted by Gasteiger charge is -2.06. The quantitative estimate of drug-likeness (QED) is 0.648. The third-order valence-corrected chi connectivity index (χ3v) is 1.73. The maximum absolute atomic E-state index is 8.75. The van der Waals surface area contributed by atoms with Gasteiger partial charge in [0.25, 0.3) is 0 Å². The van der Waals surface area contributed by atoms with Gasteiger partial charge in [-0.3, -0.25) is 0 Å². The van der Waals surface area contributed by atoms with Crippen molar-refractivity contribution in [2.75, 3.05) is 7.11 Å². The lowest BCUT2D eigenvalue weighted by Crippen LogP contribution is -1.92. The summed E-state index contributed by atoms with van der Waals surface area (Å²) in [6.07, 6.45) is 0. The lowest BCUT2D eigenvalue weighted by atomic mass is 10.1. The molecule has 0 aromatic heterocycles. The van der Waals surface area contributed by atoms with Gasteiger partial charge in [0, 0.05) is 0 Å². The van der Waals surface area contributed by atoms with E-state index in [9.17, 15) is 0 Å². The molecule has 0 amide bonds. The van der Waals surface area contributed by atoms with Gasteiger partial charge in [0.15, 0.2) is 0 Å². The molecule has 13 heavy (non-hydrogen) atoms. The molecule has 0 aliphatic heterocycles. The van der Waals surface area contributed by atoms with Crippen LogP contribution in [0.15, 0.2) is 12.1 Å². The average molecular weight is 172 g/mol. The SMILES string of the molecule is COc1c(C)cc(C#N)cc1C#N. The Morgan fingerprint density at radius 3 is 2.38 bits per heavy atom. The second kappa shape index (κ2) is 3.60. The highest BCUT2D eigenvalue weighted by molar-refractivity contribution is 5.53. The molecule has 3 nitrogen and oxygen atoms in total. The van der Waals surface area contributed by atoms with Crippen molar-refractivity contribution in [3.8, 4) is 17.9 Å². The number of nitrogens with zero attached hydrogens (tertiary/aromatic N) is 2. The molecule has 0 saturated carbocycles. The van der Waals surface area contributed by atoms with Crippen LogP contribution in [0.5, 0.6) is 5.75 Å². The smallest absolute Gasteiger partial charge is 0.139 e. The Balaban J connectivity index is 3.42. The molecule has 0 aliphatic carbocycles. The van der Waals surface area contributed by atoms with Crippen LogP contribution < -0.4 is 4.74 Å². The molecule has 3 heteroatoms. The van der Waals surface area contributed by atoms with Crippen LogP contribution in [0.4, 0.5) is 0 Å². The molecule has 64 valence electrons. The van der Waals surface area contributed by atoms with Crippen molar-refractivity contribution in [2.45, 2.75) is 6.92 Å². The van der Waals surface area contributed by atoms with E-state index >= 15 is 0 Å². The van der Waals surface area contributed by atoms with E-state index < -0.39 is 0 Å². The summed E-state index contributed by atoms with van der Waals surface area (Å²) >= 11 is 0. The number of hydrogen-bond acceptors (Lipinski definition) is 3. The van der Waals surface area contributed by atoms with Crippen LogP contribution in [0.1, 0.15) is 16.7 Å². The molecule has 0 aliphatic rings. The fourth-order valence-electron chi connectivity index (χ4n) is 1.19. The monoisotopic (exact) mass is 172 g/mol. The summed E-state index contributed by atoms with van der Waals surface area (Å²) in [4.78, 5) is 0. The topological polar surface area (TPSA) is 56.8 Å². The molecule has 1 aromatic rings. The minimum atomic E-state index is 0.402. The Hall–Kier alpha value is -2.00. The Bertz CT molecular complexity index is 410. The van der Waals surface area contributed by atoms with E-state index in [2.05, 4.69) is 0 Å². The zero-order valence-corrected chi connectivity index (χ0v) is 7.46. The van der Waals surface area contributed by atoms with E-state index in [4.69, 9.17) is 15.3 Å². The van der Waals surface area contributed by atoms with Crippen molar-refractivity contribution in [2.24, 2.45) is 0 Å². The first-order valence-corrected chi connectivity index (χ1v) is 3.71. The molecule has 0 unspecified atom stereocenters. The molecular weight excluding hydrogens is 164 g/mol. The van der Waals surface area contributed by atoms with Gasteiger partial charge in [-0.15, -0.1) is 0 Å². The third-order valence-electron chi connectivity index (χ3n) is 1.73. The van der Waals surface area contributed by atoms with Crippen LogP contribution in [0.25, 0.3) is 0 Å². The maximum atomic E-state index is 8.75. The number of ether oxygens (including phenoxy) is 1. The third kappa shape index (κ3) is 1.60. The molecule has 1 rings (SSSR count). The van der Waals surface area contributed by atoms with Gasteiger partial charge in [-0.2, -0.15) is 10.5 Å². The number of rotatable bonds is 1. The van der Waals surface area contributed by atoms with Crippen LogP contribution >= 0.6 is 0 Å². The second-order valence-electron chi connectivity index (χ2n) is 2.60. The fraction of sp³-hybridized carbons (Fsp3) is 0.200. The Morgan fingerprint density at radius 2 is 1.92 bits per heavy atom.